The van der Waals surface area contributed by atoms with E-state index in [9.17, 15) is 0 Å². The van der Waals surface area contributed by atoms with E-state index in [-0.39, 0.29) is 0 Å². The third-order valence-corrected chi connectivity index (χ3v) is 3.65. The molecule has 0 amide bonds. The maximum atomic E-state index is 5.95. The van der Waals surface area contributed by atoms with Crippen LogP contribution in [0.25, 0.3) is 0 Å². The van der Waals surface area contributed by atoms with Crippen LogP contribution in [0.5, 0.6) is 0 Å². The SMILES string of the molecule is C/C(=N\Nc1ccc(Cl)c(Cl)c1)c1c(C)c[nH]c1C. The maximum absolute atomic E-state index is 5.95. The average Bonchev–Trinajstić information content (AvgIpc) is 2.70. The van der Waals surface area contributed by atoms with E-state index >= 15 is 0 Å². The molecule has 1 aromatic heterocycles. The van der Waals surface area contributed by atoms with E-state index in [1.807, 2.05) is 26.1 Å². The van der Waals surface area contributed by atoms with Crippen LogP contribution in [0.1, 0.15) is 23.7 Å². The van der Waals surface area contributed by atoms with Crippen molar-refractivity contribution in [3.05, 3.63) is 51.3 Å². The van der Waals surface area contributed by atoms with E-state index < -0.39 is 0 Å². The molecule has 5 heteroatoms. The van der Waals surface area contributed by atoms with E-state index in [1.54, 1.807) is 12.1 Å². The molecule has 1 heterocycles. The molecule has 2 N–H and O–H groups in total. The fraction of sp³-hybridized carbons (Fsp3) is 0.214. The fourth-order valence-electron chi connectivity index (χ4n) is 1.98. The normalized spacial score (nSPS) is 11.7. The predicted molar refractivity (Wildman–Crippen MR) is 82.6 cm³/mol. The highest BCUT2D eigenvalue weighted by Crippen LogP contribution is 2.25. The van der Waals surface area contributed by atoms with Crippen molar-refractivity contribution < 1.29 is 0 Å². The van der Waals surface area contributed by atoms with E-state index in [2.05, 4.69) is 22.4 Å². The Morgan fingerprint density at radius 3 is 2.53 bits per heavy atom. The minimum absolute atomic E-state index is 0.508. The van der Waals surface area contributed by atoms with Gasteiger partial charge in [-0.3, -0.25) is 5.43 Å². The smallest absolute Gasteiger partial charge is 0.0669 e. The summed E-state index contributed by atoms with van der Waals surface area (Å²) in [5.74, 6) is 0. The second kappa shape index (κ2) is 5.68. The van der Waals surface area contributed by atoms with Crippen molar-refractivity contribution in [2.45, 2.75) is 20.8 Å². The molecule has 0 aliphatic carbocycles. The van der Waals surface area contributed by atoms with Crippen LogP contribution in [-0.4, -0.2) is 10.7 Å². The van der Waals surface area contributed by atoms with Gasteiger partial charge in [-0.1, -0.05) is 23.2 Å². The Morgan fingerprint density at radius 1 is 1.21 bits per heavy atom. The lowest BCUT2D eigenvalue weighted by atomic mass is 10.1. The third kappa shape index (κ3) is 3.11. The number of rotatable bonds is 3. The first-order valence-corrected chi connectivity index (χ1v) is 6.65. The third-order valence-electron chi connectivity index (χ3n) is 2.91. The van der Waals surface area contributed by atoms with Gasteiger partial charge in [0.15, 0.2) is 0 Å². The number of anilines is 1. The second-order valence-electron chi connectivity index (χ2n) is 4.41. The molecule has 0 aliphatic heterocycles. The van der Waals surface area contributed by atoms with Gasteiger partial charge in [-0.2, -0.15) is 5.10 Å². The number of aromatic amines is 1. The quantitative estimate of drug-likeness (QED) is 0.621. The highest BCUT2D eigenvalue weighted by molar-refractivity contribution is 6.42. The van der Waals surface area contributed by atoms with Crippen LogP contribution >= 0.6 is 23.2 Å². The molecule has 0 spiro atoms. The first-order valence-electron chi connectivity index (χ1n) is 5.89. The zero-order chi connectivity index (χ0) is 14.0. The van der Waals surface area contributed by atoms with Gasteiger partial charge in [0.2, 0.25) is 0 Å². The fourth-order valence-corrected chi connectivity index (χ4v) is 2.28. The Labute approximate surface area is 122 Å². The Morgan fingerprint density at radius 2 is 1.95 bits per heavy atom. The van der Waals surface area contributed by atoms with Gasteiger partial charge in [0.05, 0.1) is 21.4 Å². The highest BCUT2D eigenvalue weighted by Gasteiger charge is 2.07. The summed E-state index contributed by atoms with van der Waals surface area (Å²) in [5, 5.41) is 5.41. The molecule has 0 fully saturated rings. The van der Waals surface area contributed by atoms with Gasteiger partial charge in [0.25, 0.3) is 0 Å². The van der Waals surface area contributed by atoms with E-state index in [0.717, 1.165) is 22.7 Å². The van der Waals surface area contributed by atoms with Gasteiger partial charge in [0, 0.05) is 17.5 Å². The predicted octanol–water partition coefficient (Wildman–Crippen LogP) is 4.77. The number of H-pyrrole nitrogens is 1. The summed E-state index contributed by atoms with van der Waals surface area (Å²) in [5.41, 5.74) is 8.12. The molecule has 2 aromatic rings. The van der Waals surface area contributed by atoms with E-state index in [4.69, 9.17) is 23.2 Å². The summed E-state index contributed by atoms with van der Waals surface area (Å²) < 4.78 is 0. The van der Waals surface area contributed by atoms with Crippen molar-refractivity contribution >= 4 is 34.6 Å². The Bertz CT molecular complexity index is 610. The Kier molecular flexibility index (Phi) is 4.17. The molecular formula is C14H15Cl2N3. The molecular weight excluding hydrogens is 281 g/mol. The van der Waals surface area contributed by atoms with Gasteiger partial charge in [-0.05, 0) is 44.5 Å². The van der Waals surface area contributed by atoms with Gasteiger partial charge < -0.3 is 4.98 Å². The van der Waals surface area contributed by atoms with Crippen molar-refractivity contribution in [3.8, 4) is 0 Å². The van der Waals surface area contributed by atoms with Crippen molar-refractivity contribution in [2.75, 3.05) is 5.43 Å². The second-order valence-corrected chi connectivity index (χ2v) is 5.22. The topological polar surface area (TPSA) is 40.2 Å². The van der Waals surface area contributed by atoms with Crippen LogP contribution in [0.2, 0.25) is 10.0 Å². The summed E-state index contributed by atoms with van der Waals surface area (Å²) >= 11 is 11.8. The lowest BCUT2D eigenvalue weighted by Gasteiger charge is -2.05. The average molecular weight is 296 g/mol. The van der Waals surface area contributed by atoms with E-state index in [0.29, 0.717) is 10.0 Å². The van der Waals surface area contributed by atoms with Crippen LogP contribution in [0.4, 0.5) is 5.69 Å². The molecule has 0 saturated carbocycles. The van der Waals surface area contributed by atoms with Crippen LogP contribution in [0.3, 0.4) is 0 Å². The summed E-state index contributed by atoms with van der Waals surface area (Å²) in [4.78, 5) is 3.19. The van der Waals surface area contributed by atoms with Gasteiger partial charge in [-0.15, -0.1) is 0 Å². The largest absolute Gasteiger partial charge is 0.364 e. The molecule has 0 bridgehead atoms. The molecule has 0 saturated heterocycles. The van der Waals surface area contributed by atoms with Crippen LogP contribution in [-0.2, 0) is 0 Å². The van der Waals surface area contributed by atoms with Gasteiger partial charge in [0.1, 0.15) is 0 Å². The molecule has 1 aromatic carbocycles. The molecule has 2 rings (SSSR count). The van der Waals surface area contributed by atoms with Crippen LogP contribution < -0.4 is 5.43 Å². The molecule has 0 radical (unpaired) electrons. The van der Waals surface area contributed by atoms with Gasteiger partial charge >= 0.3 is 0 Å². The lowest BCUT2D eigenvalue weighted by Crippen LogP contribution is -2.02. The molecule has 100 valence electrons. The number of hydrogen-bond donors (Lipinski definition) is 2. The molecule has 3 nitrogen and oxygen atoms in total. The number of nitrogens with one attached hydrogen (secondary N) is 2. The molecule has 19 heavy (non-hydrogen) atoms. The zero-order valence-corrected chi connectivity index (χ0v) is 12.5. The standard InChI is InChI=1S/C14H15Cl2N3/c1-8-7-17-9(2)14(8)10(3)18-19-11-4-5-12(15)13(16)6-11/h4-7,17,19H,1-3H3/b18-10+. The highest BCUT2D eigenvalue weighted by atomic mass is 35.5. The number of benzene rings is 1. The first-order chi connectivity index (χ1) is 8.99. The minimum atomic E-state index is 0.508. The number of halogens is 2. The van der Waals surface area contributed by atoms with Crippen molar-refractivity contribution in [1.29, 1.82) is 0 Å². The monoisotopic (exact) mass is 295 g/mol. The van der Waals surface area contributed by atoms with E-state index in [1.165, 1.54) is 5.56 Å². The molecule has 0 atom stereocenters. The zero-order valence-electron chi connectivity index (χ0n) is 11.0. The first kappa shape index (κ1) is 14.0. The van der Waals surface area contributed by atoms with Crippen molar-refractivity contribution in [2.24, 2.45) is 5.10 Å². The number of hydrazone groups is 1. The Balaban J connectivity index is 2.20. The summed E-state index contributed by atoms with van der Waals surface area (Å²) in [6, 6.07) is 5.32. The van der Waals surface area contributed by atoms with Gasteiger partial charge in [-0.25, -0.2) is 0 Å². The number of aryl methyl sites for hydroxylation is 2. The number of nitrogens with zero attached hydrogens (tertiary/aromatic N) is 1. The van der Waals surface area contributed by atoms with Crippen molar-refractivity contribution in [1.82, 2.24) is 4.98 Å². The number of hydrogen-bond acceptors (Lipinski definition) is 2. The number of aromatic nitrogens is 1. The summed E-state index contributed by atoms with van der Waals surface area (Å²) in [7, 11) is 0. The molecule has 0 aliphatic rings. The van der Waals surface area contributed by atoms with Crippen LogP contribution in [0.15, 0.2) is 29.5 Å². The summed E-state index contributed by atoms with van der Waals surface area (Å²) in [6.07, 6.45) is 1.98. The minimum Gasteiger partial charge on any atom is -0.364 e. The maximum Gasteiger partial charge on any atom is 0.0669 e. The summed E-state index contributed by atoms with van der Waals surface area (Å²) in [6.45, 7) is 6.05. The lowest BCUT2D eigenvalue weighted by molar-refractivity contribution is 1.25. The van der Waals surface area contributed by atoms with Crippen molar-refractivity contribution in [3.63, 3.8) is 0 Å². The Hall–Kier alpha value is -1.45. The van der Waals surface area contributed by atoms with Crippen LogP contribution in [0, 0.1) is 13.8 Å². The molecule has 0 unspecified atom stereocenters.